The van der Waals surface area contributed by atoms with Crippen molar-refractivity contribution in [2.45, 2.75) is 19.4 Å². The van der Waals surface area contributed by atoms with E-state index in [0.29, 0.717) is 6.42 Å². The highest BCUT2D eigenvalue weighted by Gasteiger charge is 2.24. The van der Waals surface area contributed by atoms with Crippen molar-refractivity contribution in [1.29, 1.82) is 0 Å². The number of nitrogens with zero attached hydrogens (tertiary/aromatic N) is 5. The van der Waals surface area contributed by atoms with Gasteiger partial charge in [0.15, 0.2) is 0 Å². The first-order chi connectivity index (χ1) is 14.2. The lowest BCUT2D eigenvalue weighted by atomic mass is 10.0. The van der Waals surface area contributed by atoms with E-state index in [1.165, 1.54) is 6.33 Å². The number of nitrogens with one attached hydrogen (secondary N) is 1. The summed E-state index contributed by atoms with van der Waals surface area (Å²) >= 11 is 0. The predicted molar refractivity (Wildman–Crippen MR) is 111 cm³/mol. The van der Waals surface area contributed by atoms with Gasteiger partial charge in [-0.3, -0.25) is 4.79 Å². The summed E-state index contributed by atoms with van der Waals surface area (Å²) in [6.45, 7) is 2.00. The molecule has 2 aromatic carbocycles. The van der Waals surface area contributed by atoms with Gasteiger partial charge in [-0.2, -0.15) is 5.10 Å². The summed E-state index contributed by atoms with van der Waals surface area (Å²) in [4.78, 5) is 21.2. The van der Waals surface area contributed by atoms with Gasteiger partial charge >= 0.3 is 0 Å². The quantitative estimate of drug-likeness (QED) is 0.550. The van der Waals surface area contributed by atoms with Crippen LogP contribution in [0.15, 0.2) is 73.6 Å². The fourth-order valence-corrected chi connectivity index (χ4v) is 3.48. The van der Waals surface area contributed by atoms with E-state index in [4.69, 9.17) is 0 Å². The maximum atomic E-state index is 12.5. The number of aromatic nitrogens is 5. The lowest BCUT2D eigenvalue weighted by Gasteiger charge is -2.19. The molecule has 7 heteroatoms. The third-order valence-corrected chi connectivity index (χ3v) is 4.94. The van der Waals surface area contributed by atoms with E-state index in [0.717, 1.165) is 28.2 Å². The van der Waals surface area contributed by atoms with Crippen molar-refractivity contribution in [1.82, 2.24) is 29.6 Å². The number of imidazole rings is 1. The highest BCUT2D eigenvalue weighted by molar-refractivity contribution is 5.84. The molecule has 0 fully saturated rings. The number of hydrogen-bond donors (Lipinski definition) is 1. The van der Waals surface area contributed by atoms with Gasteiger partial charge in [0.25, 0.3) is 0 Å². The number of benzene rings is 2. The Morgan fingerprint density at radius 1 is 1.03 bits per heavy atom. The Morgan fingerprint density at radius 2 is 1.79 bits per heavy atom. The second kappa shape index (κ2) is 8.10. The second-order valence-electron chi connectivity index (χ2n) is 6.64. The molecule has 0 bridgehead atoms. The van der Waals surface area contributed by atoms with Gasteiger partial charge < -0.3 is 9.88 Å². The van der Waals surface area contributed by atoms with Crippen LogP contribution in [-0.4, -0.2) is 37.3 Å². The molecule has 7 nitrogen and oxygen atoms in total. The van der Waals surface area contributed by atoms with Crippen molar-refractivity contribution in [3.63, 3.8) is 0 Å². The van der Waals surface area contributed by atoms with Gasteiger partial charge in [-0.1, -0.05) is 49.4 Å². The molecular formula is C22H22N6O. The highest BCUT2D eigenvalue weighted by Crippen LogP contribution is 2.34. The maximum absolute atomic E-state index is 12.5. The van der Waals surface area contributed by atoms with Crippen molar-refractivity contribution in [3.8, 4) is 28.2 Å². The molecule has 4 rings (SSSR count). The van der Waals surface area contributed by atoms with Crippen LogP contribution in [0.4, 0.5) is 0 Å². The first-order valence-electron chi connectivity index (χ1n) is 9.52. The summed E-state index contributed by atoms with van der Waals surface area (Å²) in [5.41, 5.74) is 4.66. The molecule has 29 heavy (non-hydrogen) atoms. The van der Waals surface area contributed by atoms with Gasteiger partial charge in [0.05, 0.1) is 23.4 Å². The molecule has 0 aliphatic rings. The minimum Gasteiger partial charge on any atom is -0.357 e. The Hall–Kier alpha value is -3.74. The molecule has 2 heterocycles. The summed E-state index contributed by atoms with van der Waals surface area (Å²) in [6.07, 6.45) is 5.58. The van der Waals surface area contributed by atoms with Crippen LogP contribution in [0.2, 0.25) is 0 Å². The maximum Gasteiger partial charge on any atom is 0.242 e. The number of rotatable bonds is 6. The molecule has 0 unspecified atom stereocenters. The van der Waals surface area contributed by atoms with Crippen LogP contribution in [0.1, 0.15) is 19.4 Å². The average molecular weight is 386 g/mol. The molecule has 0 saturated carbocycles. The third kappa shape index (κ3) is 3.54. The first-order valence-corrected chi connectivity index (χ1v) is 9.52. The summed E-state index contributed by atoms with van der Waals surface area (Å²) in [6, 6.07) is 17.7. The van der Waals surface area contributed by atoms with Gasteiger partial charge in [0, 0.05) is 18.2 Å². The molecular weight excluding hydrogens is 364 g/mol. The van der Waals surface area contributed by atoms with Crippen LogP contribution in [0, 0.1) is 0 Å². The van der Waals surface area contributed by atoms with Crippen molar-refractivity contribution in [3.05, 3.63) is 73.6 Å². The average Bonchev–Trinajstić information content (AvgIpc) is 3.45. The molecule has 2 aromatic heterocycles. The first kappa shape index (κ1) is 18.6. The molecule has 0 radical (unpaired) electrons. The highest BCUT2D eigenvalue weighted by atomic mass is 16.2. The molecule has 0 spiro atoms. The molecule has 0 saturated heterocycles. The summed E-state index contributed by atoms with van der Waals surface area (Å²) in [7, 11) is 1.66. The minimum absolute atomic E-state index is 0.0370. The SMILES string of the molecule is CC[C@@H](C(=O)NC)n1cnc(-c2ccccc2)c1-c1ccc(-n2cncn2)cc1. The minimum atomic E-state index is -0.338. The van der Waals surface area contributed by atoms with E-state index < -0.39 is 0 Å². The predicted octanol–water partition coefficient (Wildman–Crippen LogP) is 3.49. The van der Waals surface area contributed by atoms with Gasteiger partial charge in [0.2, 0.25) is 5.91 Å². The van der Waals surface area contributed by atoms with Crippen LogP contribution in [0.5, 0.6) is 0 Å². The van der Waals surface area contributed by atoms with E-state index in [9.17, 15) is 4.79 Å². The molecule has 0 aliphatic carbocycles. The Kier molecular flexibility index (Phi) is 5.20. The zero-order valence-electron chi connectivity index (χ0n) is 16.4. The Balaban J connectivity index is 1.85. The Morgan fingerprint density at radius 3 is 2.41 bits per heavy atom. The monoisotopic (exact) mass is 386 g/mol. The van der Waals surface area contributed by atoms with Gasteiger partial charge in [0.1, 0.15) is 18.7 Å². The largest absolute Gasteiger partial charge is 0.357 e. The summed E-state index contributed by atoms with van der Waals surface area (Å²) in [5, 5.41) is 6.94. The molecule has 0 aliphatic heterocycles. The van der Waals surface area contributed by atoms with E-state index in [1.54, 1.807) is 24.4 Å². The molecule has 1 N–H and O–H groups in total. The number of carbonyl (C=O) groups excluding carboxylic acids is 1. The van der Waals surface area contributed by atoms with Gasteiger partial charge in [-0.25, -0.2) is 14.6 Å². The van der Waals surface area contributed by atoms with Crippen LogP contribution < -0.4 is 5.32 Å². The molecule has 1 amide bonds. The van der Waals surface area contributed by atoms with E-state index in [-0.39, 0.29) is 11.9 Å². The zero-order valence-corrected chi connectivity index (χ0v) is 16.4. The third-order valence-electron chi connectivity index (χ3n) is 4.94. The number of hydrogen-bond acceptors (Lipinski definition) is 4. The van der Waals surface area contributed by atoms with Crippen molar-refractivity contribution < 1.29 is 4.79 Å². The van der Waals surface area contributed by atoms with E-state index in [2.05, 4.69) is 20.4 Å². The van der Waals surface area contributed by atoms with Crippen molar-refractivity contribution in [2.24, 2.45) is 0 Å². The second-order valence-corrected chi connectivity index (χ2v) is 6.64. The fraction of sp³-hybridized carbons (Fsp3) is 0.182. The van der Waals surface area contributed by atoms with Crippen LogP contribution >= 0.6 is 0 Å². The normalized spacial score (nSPS) is 11.9. The van der Waals surface area contributed by atoms with E-state index in [1.807, 2.05) is 66.1 Å². The number of likely N-dealkylation sites (N-methyl/N-ethyl adjacent to an activating group) is 1. The van der Waals surface area contributed by atoms with Crippen LogP contribution in [0.25, 0.3) is 28.2 Å². The lowest BCUT2D eigenvalue weighted by Crippen LogP contribution is -2.29. The number of carbonyl (C=O) groups is 1. The zero-order chi connectivity index (χ0) is 20.2. The Bertz CT molecular complexity index is 1080. The molecule has 1 atom stereocenters. The summed E-state index contributed by atoms with van der Waals surface area (Å²) in [5.74, 6) is -0.0370. The lowest BCUT2D eigenvalue weighted by molar-refractivity contribution is -0.123. The van der Waals surface area contributed by atoms with Crippen molar-refractivity contribution in [2.75, 3.05) is 7.05 Å². The molecule has 146 valence electrons. The van der Waals surface area contributed by atoms with Gasteiger partial charge in [-0.15, -0.1) is 0 Å². The molecule has 4 aromatic rings. The number of amides is 1. The van der Waals surface area contributed by atoms with Crippen molar-refractivity contribution >= 4 is 5.91 Å². The van der Waals surface area contributed by atoms with Crippen LogP contribution in [-0.2, 0) is 4.79 Å². The Labute approximate surface area is 169 Å². The van der Waals surface area contributed by atoms with E-state index >= 15 is 0 Å². The van der Waals surface area contributed by atoms with Gasteiger partial charge in [-0.05, 0) is 18.6 Å². The smallest absolute Gasteiger partial charge is 0.242 e. The standard InChI is InChI=1S/C22H22N6O/c1-3-19(22(29)23-2)27-15-25-20(16-7-5-4-6-8-16)21(27)17-9-11-18(12-10-17)28-14-24-13-26-28/h4-15,19H,3H2,1-2H3,(H,23,29)/t19-/m0/s1. The summed E-state index contributed by atoms with van der Waals surface area (Å²) < 4.78 is 3.67. The fourth-order valence-electron chi connectivity index (χ4n) is 3.48. The van der Waals surface area contributed by atoms with Crippen LogP contribution in [0.3, 0.4) is 0 Å². The topological polar surface area (TPSA) is 77.6 Å².